The maximum atomic E-state index is 10.8. The van der Waals surface area contributed by atoms with Crippen LogP contribution in [-0.2, 0) is 0 Å². The van der Waals surface area contributed by atoms with Crippen LogP contribution in [0.1, 0.15) is 26.7 Å². The number of rotatable bonds is 5. The predicted molar refractivity (Wildman–Crippen MR) is 49.6 cm³/mol. The summed E-state index contributed by atoms with van der Waals surface area (Å²) in [5, 5.41) is 2.75. The van der Waals surface area contributed by atoms with Gasteiger partial charge in [0.15, 0.2) is 0 Å². The van der Waals surface area contributed by atoms with Crippen molar-refractivity contribution in [2.75, 3.05) is 12.3 Å². The Morgan fingerprint density at radius 1 is 1.45 bits per heavy atom. The van der Waals surface area contributed by atoms with Crippen LogP contribution in [0.25, 0.3) is 0 Å². The number of carbonyl (C=O) groups is 1. The van der Waals surface area contributed by atoms with Crippen molar-refractivity contribution in [1.29, 1.82) is 0 Å². The Hall–Kier alpha value is -0.380. The van der Waals surface area contributed by atoms with Crippen LogP contribution in [0.3, 0.4) is 0 Å². The Labute approximate surface area is 72.4 Å². The van der Waals surface area contributed by atoms with Crippen LogP contribution in [-0.4, -0.2) is 18.3 Å². The molecule has 0 saturated carbocycles. The molecule has 66 valence electrons. The molecule has 0 saturated heterocycles. The van der Waals surface area contributed by atoms with Crippen LogP contribution in [0.4, 0.5) is 4.79 Å². The van der Waals surface area contributed by atoms with Crippen molar-refractivity contribution in [3.63, 3.8) is 0 Å². The highest BCUT2D eigenvalue weighted by Crippen LogP contribution is 1.89. The second kappa shape index (κ2) is 7.72. The molecule has 4 heteroatoms. The number of hydrogen-bond donors (Lipinski definition) is 2. The van der Waals surface area contributed by atoms with Crippen molar-refractivity contribution >= 4 is 18.0 Å². The van der Waals surface area contributed by atoms with Gasteiger partial charge >= 0.3 is 6.03 Å². The van der Waals surface area contributed by atoms with E-state index in [0.717, 1.165) is 25.1 Å². The molecule has 0 aliphatic carbocycles. The lowest BCUT2D eigenvalue weighted by Crippen LogP contribution is -2.32. The minimum absolute atomic E-state index is 0.0784. The van der Waals surface area contributed by atoms with Crippen molar-refractivity contribution in [3.8, 4) is 0 Å². The molecule has 0 fully saturated rings. The largest absolute Gasteiger partial charge is 0.337 e. The molecular formula is C7H16N2OS. The molecule has 0 bridgehead atoms. The van der Waals surface area contributed by atoms with E-state index in [4.69, 9.17) is 0 Å². The van der Waals surface area contributed by atoms with Crippen molar-refractivity contribution in [2.24, 2.45) is 0 Å². The van der Waals surface area contributed by atoms with Crippen molar-refractivity contribution in [2.45, 2.75) is 26.7 Å². The zero-order chi connectivity index (χ0) is 8.53. The first kappa shape index (κ1) is 10.6. The topological polar surface area (TPSA) is 41.1 Å². The van der Waals surface area contributed by atoms with Gasteiger partial charge in [0.2, 0.25) is 0 Å². The van der Waals surface area contributed by atoms with E-state index < -0.39 is 0 Å². The molecule has 0 aromatic heterocycles. The lowest BCUT2D eigenvalue weighted by Gasteiger charge is -2.03. The second-order valence-electron chi connectivity index (χ2n) is 2.14. The summed E-state index contributed by atoms with van der Waals surface area (Å²) in [5.74, 6) is 0.904. The number of hydrogen-bond acceptors (Lipinski definition) is 2. The van der Waals surface area contributed by atoms with Gasteiger partial charge in [0, 0.05) is 12.3 Å². The highest BCUT2D eigenvalue weighted by molar-refractivity contribution is 7.97. The lowest BCUT2D eigenvalue weighted by atomic mass is 10.3. The number of carbonyl (C=O) groups excluding carboxylic acids is 1. The first-order valence-electron chi connectivity index (χ1n) is 3.96. The zero-order valence-electron chi connectivity index (χ0n) is 7.14. The van der Waals surface area contributed by atoms with Gasteiger partial charge in [-0.15, -0.1) is 0 Å². The maximum absolute atomic E-state index is 10.8. The van der Waals surface area contributed by atoms with E-state index in [0.29, 0.717) is 0 Å². The highest BCUT2D eigenvalue weighted by atomic mass is 32.2. The molecule has 3 nitrogen and oxygen atoms in total. The SMILES string of the molecule is CCCCNC(=O)NSCC. The van der Waals surface area contributed by atoms with Crippen molar-refractivity contribution in [1.82, 2.24) is 10.0 Å². The molecule has 0 aliphatic rings. The van der Waals surface area contributed by atoms with Gasteiger partial charge in [0.25, 0.3) is 0 Å². The Bertz CT molecular complexity index is 109. The average Bonchev–Trinajstić information content (AvgIpc) is 2.01. The molecule has 0 atom stereocenters. The fourth-order valence-electron chi connectivity index (χ4n) is 0.552. The smallest absolute Gasteiger partial charge is 0.324 e. The summed E-state index contributed by atoms with van der Waals surface area (Å²) >= 11 is 1.41. The van der Waals surface area contributed by atoms with Crippen LogP contribution in [0.2, 0.25) is 0 Å². The van der Waals surface area contributed by atoms with Crippen LogP contribution in [0.5, 0.6) is 0 Å². The number of nitrogens with one attached hydrogen (secondary N) is 2. The summed E-state index contributed by atoms with van der Waals surface area (Å²) in [6, 6.07) is -0.0784. The summed E-state index contributed by atoms with van der Waals surface area (Å²) in [6.45, 7) is 4.87. The normalized spacial score (nSPS) is 9.27. The quantitative estimate of drug-likeness (QED) is 0.495. The van der Waals surface area contributed by atoms with Gasteiger partial charge in [-0.2, -0.15) is 0 Å². The average molecular weight is 176 g/mol. The van der Waals surface area contributed by atoms with Gasteiger partial charge in [-0.05, 0) is 18.4 Å². The number of unbranched alkanes of at least 4 members (excludes halogenated alkanes) is 1. The Morgan fingerprint density at radius 2 is 2.18 bits per heavy atom. The summed E-state index contributed by atoms with van der Waals surface area (Å²) in [6.07, 6.45) is 2.16. The van der Waals surface area contributed by atoms with Gasteiger partial charge in [-0.1, -0.05) is 20.3 Å². The second-order valence-corrected chi connectivity index (χ2v) is 3.21. The standard InChI is InChI=1S/C7H16N2OS/c1-3-5-6-8-7(10)9-11-4-2/h3-6H2,1-2H3,(H2,8,9,10). The Morgan fingerprint density at radius 3 is 2.73 bits per heavy atom. The molecule has 0 aliphatic heterocycles. The fourth-order valence-corrected chi connectivity index (χ4v) is 0.900. The summed E-state index contributed by atoms with van der Waals surface area (Å²) < 4.78 is 2.66. The zero-order valence-corrected chi connectivity index (χ0v) is 7.96. The molecule has 2 N–H and O–H groups in total. The van der Waals surface area contributed by atoms with Gasteiger partial charge < -0.3 is 5.32 Å². The van der Waals surface area contributed by atoms with E-state index in [2.05, 4.69) is 17.0 Å². The fraction of sp³-hybridized carbons (Fsp3) is 0.857. The van der Waals surface area contributed by atoms with E-state index in [9.17, 15) is 4.79 Å². The number of amides is 2. The molecule has 2 amide bonds. The van der Waals surface area contributed by atoms with Gasteiger partial charge in [-0.25, -0.2) is 4.79 Å². The third-order valence-corrected chi connectivity index (χ3v) is 1.74. The maximum Gasteiger partial charge on any atom is 0.324 e. The van der Waals surface area contributed by atoms with Crippen LogP contribution < -0.4 is 10.0 Å². The molecule has 0 heterocycles. The van der Waals surface area contributed by atoms with Crippen LogP contribution in [0, 0.1) is 0 Å². The molecule has 0 unspecified atom stereocenters. The lowest BCUT2D eigenvalue weighted by molar-refractivity contribution is 0.246. The predicted octanol–water partition coefficient (Wildman–Crippen LogP) is 1.75. The Balaban J connectivity index is 3.09. The molecule has 11 heavy (non-hydrogen) atoms. The van der Waals surface area contributed by atoms with E-state index in [1.165, 1.54) is 11.9 Å². The van der Waals surface area contributed by atoms with Crippen molar-refractivity contribution < 1.29 is 4.79 Å². The molecule has 0 aromatic carbocycles. The Kier molecular flexibility index (Phi) is 7.46. The van der Waals surface area contributed by atoms with Gasteiger partial charge in [-0.3, -0.25) is 4.72 Å². The molecule has 0 radical (unpaired) electrons. The first-order chi connectivity index (χ1) is 5.31. The van der Waals surface area contributed by atoms with Gasteiger partial charge in [0.05, 0.1) is 0 Å². The monoisotopic (exact) mass is 176 g/mol. The highest BCUT2D eigenvalue weighted by Gasteiger charge is 1.95. The third kappa shape index (κ3) is 7.52. The molecule has 0 rings (SSSR count). The molecule has 0 aromatic rings. The molecular weight excluding hydrogens is 160 g/mol. The van der Waals surface area contributed by atoms with E-state index >= 15 is 0 Å². The summed E-state index contributed by atoms with van der Waals surface area (Å²) in [7, 11) is 0. The van der Waals surface area contributed by atoms with Crippen molar-refractivity contribution in [3.05, 3.63) is 0 Å². The first-order valence-corrected chi connectivity index (χ1v) is 4.95. The van der Waals surface area contributed by atoms with Crippen LogP contribution >= 0.6 is 11.9 Å². The van der Waals surface area contributed by atoms with E-state index in [1.807, 2.05) is 6.92 Å². The number of urea groups is 1. The molecule has 0 spiro atoms. The minimum Gasteiger partial charge on any atom is -0.337 e. The van der Waals surface area contributed by atoms with Crippen LogP contribution in [0.15, 0.2) is 0 Å². The summed E-state index contributed by atoms with van der Waals surface area (Å²) in [5.41, 5.74) is 0. The third-order valence-electron chi connectivity index (χ3n) is 1.13. The van der Waals surface area contributed by atoms with E-state index in [1.54, 1.807) is 0 Å². The minimum atomic E-state index is -0.0784. The van der Waals surface area contributed by atoms with Gasteiger partial charge in [0.1, 0.15) is 0 Å². The summed E-state index contributed by atoms with van der Waals surface area (Å²) in [4.78, 5) is 10.8. The van der Waals surface area contributed by atoms with E-state index in [-0.39, 0.29) is 6.03 Å².